The van der Waals surface area contributed by atoms with Crippen LogP contribution in [0.2, 0.25) is 0 Å². The van der Waals surface area contributed by atoms with Gasteiger partial charge < -0.3 is 14.8 Å². The first-order chi connectivity index (χ1) is 14.5. The molecule has 0 fully saturated rings. The van der Waals surface area contributed by atoms with Crippen molar-refractivity contribution in [2.24, 2.45) is 0 Å². The number of amides is 1. The van der Waals surface area contributed by atoms with Crippen molar-refractivity contribution in [3.63, 3.8) is 0 Å². The molecule has 0 saturated heterocycles. The molecule has 0 aliphatic rings. The summed E-state index contributed by atoms with van der Waals surface area (Å²) in [6.07, 6.45) is 4.22. The highest BCUT2D eigenvalue weighted by atomic mass is 19.1. The Labute approximate surface area is 171 Å². The number of nitrogens with zero attached hydrogens (tertiary/aromatic N) is 2. The number of carbonyl (C=O) groups is 2. The summed E-state index contributed by atoms with van der Waals surface area (Å²) in [5.74, 6) is -1.51. The van der Waals surface area contributed by atoms with Gasteiger partial charge in [-0.05, 0) is 47.5 Å². The van der Waals surface area contributed by atoms with Gasteiger partial charge in [0.25, 0.3) is 5.91 Å². The lowest BCUT2D eigenvalue weighted by Gasteiger charge is -2.06. The Morgan fingerprint density at radius 2 is 1.67 bits per heavy atom. The number of pyridine rings is 1. The van der Waals surface area contributed by atoms with Crippen molar-refractivity contribution in [1.82, 2.24) is 14.7 Å². The Hall–Kier alpha value is -4.00. The first-order valence-corrected chi connectivity index (χ1v) is 9.30. The minimum Gasteiger partial charge on any atom is -0.478 e. The number of carbonyl (C=O) groups excluding carboxylic acids is 1. The fraction of sp³-hybridized carbons (Fsp3) is 0.0870. The molecule has 7 heteroatoms. The van der Waals surface area contributed by atoms with E-state index in [0.29, 0.717) is 17.6 Å². The van der Waals surface area contributed by atoms with E-state index in [2.05, 4.69) is 10.3 Å². The molecule has 4 aromatic rings. The number of rotatable bonds is 6. The highest BCUT2D eigenvalue weighted by Crippen LogP contribution is 2.13. The Balaban J connectivity index is 1.44. The van der Waals surface area contributed by atoms with E-state index < -0.39 is 5.97 Å². The number of halogens is 1. The van der Waals surface area contributed by atoms with Crippen molar-refractivity contribution in [2.75, 3.05) is 0 Å². The van der Waals surface area contributed by atoms with Crippen LogP contribution in [0.25, 0.3) is 5.65 Å². The number of imidazole rings is 1. The standard InChI is InChI=1S/C23H18FN3O3/c24-19-7-3-15(4-8-19)11-20-14-27-10-9-18(12-21(27)26-20)22(28)25-13-16-1-5-17(6-2-16)23(29)30/h1-10,12,14H,11,13H2,(H,25,28)(H,29,30). The number of fused-ring (bicyclic) bond motifs is 1. The molecule has 0 unspecified atom stereocenters. The normalized spacial score (nSPS) is 10.8. The third-order valence-electron chi connectivity index (χ3n) is 4.72. The summed E-state index contributed by atoms with van der Waals surface area (Å²) in [6, 6.07) is 16.0. The van der Waals surface area contributed by atoms with Gasteiger partial charge in [-0.15, -0.1) is 0 Å². The molecule has 0 aliphatic carbocycles. The average molecular weight is 403 g/mol. The molecule has 4 rings (SSSR count). The molecule has 2 aromatic heterocycles. The average Bonchev–Trinajstić information content (AvgIpc) is 3.15. The largest absolute Gasteiger partial charge is 0.478 e. The van der Waals surface area contributed by atoms with Crippen LogP contribution in [-0.2, 0) is 13.0 Å². The number of hydrogen-bond acceptors (Lipinski definition) is 3. The number of nitrogens with one attached hydrogen (secondary N) is 1. The van der Waals surface area contributed by atoms with E-state index in [9.17, 15) is 14.0 Å². The molecule has 150 valence electrons. The monoisotopic (exact) mass is 403 g/mol. The smallest absolute Gasteiger partial charge is 0.335 e. The molecule has 0 saturated carbocycles. The summed E-state index contributed by atoms with van der Waals surface area (Å²) in [7, 11) is 0. The predicted octanol–water partition coefficient (Wildman–Crippen LogP) is 3.69. The van der Waals surface area contributed by atoms with Crippen molar-refractivity contribution in [3.8, 4) is 0 Å². The Morgan fingerprint density at radius 1 is 0.967 bits per heavy atom. The van der Waals surface area contributed by atoms with Crippen LogP contribution in [0.15, 0.2) is 73.1 Å². The lowest BCUT2D eigenvalue weighted by molar-refractivity contribution is 0.0696. The molecule has 30 heavy (non-hydrogen) atoms. The van der Waals surface area contributed by atoms with Gasteiger partial charge in [-0.2, -0.15) is 0 Å². The molecule has 0 aliphatic heterocycles. The van der Waals surface area contributed by atoms with Gasteiger partial charge in [0.15, 0.2) is 0 Å². The second kappa shape index (κ2) is 8.16. The molecular formula is C23H18FN3O3. The number of benzene rings is 2. The van der Waals surface area contributed by atoms with Crippen LogP contribution >= 0.6 is 0 Å². The Kier molecular flexibility index (Phi) is 5.26. The van der Waals surface area contributed by atoms with E-state index in [-0.39, 0.29) is 23.8 Å². The van der Waals surface area contributed by atoms with E-state index in [1.54, 1.807) is 42.6 Å². The van der Waals surface area contributed by atoms with Crippen LogP contribution in [0.1, 0.15) is 37.5 Å². The van der Waals surface area contributed by atoms with Crippen molar-refractivity contribution in [2.45, 2.75) is 13.0 Å². The summed E-state index contributed by atoms with van der Waals surface area (Å²) < 4.78 is 14.9. The second-order valence-electron chi connectivity index (χ2n) is 6.90. The van der Waals surface area contributed by atoms with E-state index >= 15 is 0 Å². The van der Waals surface area contributed by atoms with Crippen LogP contribution in [0, 0.1) is 5.82 Å². The second-order valence-corrected chi connectivity index (χ2v) is 6.90. The topological polar surface area (TPSA) is 83.7 Å². The highest BCUT2D eigenvalue weighted by molar-refractivity contribution is 5.95. The SMILES string of the molecule is O=C(O)c1ccc(CNC(=O)c2ccn3cc(Cc4ccc(F)cc4)nc3c2)cc1. The third-order valence-corrected chi connectivity index (χ3v) is 4.72. The van der Waals surface area contributed by atoms with E-state index in [4.69, 9.17) is 5.11 Å². The Morgan fingerprint density at radius 3 is 2.37 bits per heavy atom. The van der Waals surface area contributed by atoms with Crippen LogP contribution in [0.3, 0.4) is 0 Å². The van der Waals surface area contributed by atoms with Gasteiger partial charge in [0, 0.05) is 30.9 Å². The zero-order chi connectivity index (χ0) is 21.1. The van der Waals surface area contributed by atoms with Gasteiger partial charge in [0.2, 0.25) is 0 Å². The fourth-order valence-electron chi connectivity index (χ4n) is 3.12. The zero-order valence-electron chi connectivity index (χ0n) is 15.9. The van der Waals surface area contributed by atoms with Gasteiger partial charge in [-0.1, -0.05) is 24.3 Å². The van der Waals surface area contributed by atoms with E-state index in [1.807, 2.05) is 10.6 Å². The zero-order valence-corrected chi connectivity index (χ0v) is 15.9. The maximum atomic E-state index is 13.1. The van der Waals surface area contributed by atoms with Gasteiger partial charge in [0.05, 0.1) is 11.3 Å². The van der Waals surface area contributed by atoms with E-state index in [0.717, 1.165) is 16.8 Å². The predicted molar refractivity (Wildman–Crippen MR) is 109 cm³/mol. The molecular weight excluding hydrogens is 385 g/mol. The third kappa shape index (κ3) is 4.35. The first kappa shape index (κ1) is 19.3. The van der Waals surface area contributed by atoms with Gasteiger partial charge in [-0.25, -0.2) is 14.2 Å². The molecule has 0 radical (unpaired) electrons. The molecule has 2 heterocycles. The quantitative estimate of drug-likeness (QED) is 0.514. The van der Waals surface area contributed by atoms with Crippen LogP contribution in [0.5, 0.6) is 0 Å². The van der Waals surface area contributed by atoms with E-state index in [1.165, 1.54) is 24.3 Å². The number of aromatic nitrogens is 2. The van der Waals surface area contributed by atoms with Gasteiger partial charge in [-0.3, -0.25) is 4.79 Å². The van der Waals surface area contributed by atoms with Crippen molar-refractivity contribution < 1.29 is 19.1 Å². The minimum atomic E-state index is -0.989. The highest BCUT2D eigenvalue weighted by Gasteiger charge is 2.10. The lowest BCUT2D eigenvalue weighted by Crippen LogP contribution is -2.22. The number of carboxylic acids is 1. The van der Waals surface area contributed by atoms with Gasteiger partial charge in [0.1, 0.15) is 11.5 Å². The molecule has 6 nitrogen and oxygen atoms in total. The van der Waals surface area contributed by atoms with Crippen LogP contribution in [0.4, 0.5) is 4.39 Å². The lowest BCUT2D eigenvalue weighted by atomic mass is 10.1. The van der Waals surface area contributed by atoms with Crippen molar-refractivity contribution in [3.05, 3.63) is 107 Å². The molecule has 0 spiro atoms. The van der Waals surface area contributed by atoms with Gasteiger partial charge >= 0.3 is 5.97 Å². The summed E-state index contributed by atoms with van der Waals surface area (Å²) in [4.78, 5) is 27.9. The number of hydrogen-bond donors (Lipinski definition) is 2. The first-order valence-electron chi connectivity index (χ1n) is 9.30. The number of carboxylic acid groups (broad SMARTS) is 1. The van der Waals surface area contributed by atoms with Crippen LogP contribution in [-0.4, -0.2) is 26.4 Å². The Bertz CT molecular complexity index is 1210. The summed E-state index contributed by atoms with van der Waals surface area (Å²) in [5.41, 5.74) is 3.89. The molecule has 0 bridgehead atoms. The molecule has 1 amide bonds. The van der Waals surface area contributed by atoms with Crippen LogP contribution < -0.4 is 5.32 Å². The summed E-state index contributed by atoms with van der Waals surface area (Å²) >= 11 is 0. The maximum absolute atomic E-state index is 13.1. The molecule has 0 atom stereocenters. The minimum absolute atomic E-state index is 0.200. The summed E-state index contributed by atoms with van der Waals surface area (Å²) in [6.45, 7) is 0.286. The number of aromatic carboxylic acids is 1. The molecule has 2 N–H and O–H groups in total. The fourth-order valence-corrected chi connectivity index (χ4v) is 3.12. The molecule has 2 aromatic carbocycles. The van der Waals surface area contributed by atoms with Crippen molar-refractivity contribution >= 4 is 17.5 Å². The van der Waals surface area contributed by atoms with Crippen molar-refractivity contribution in [1.29, 1.82) is 0 Å². The maximum Gasteiger partial charge on any atom is 0.335 e. The summed E-state index contributed by atoms with van der Waals surface area (Å²) in [5, 5.41) is 11.8.